The average Bonchev–Trinajstić information content (AvgIpc) is 3.30. The Morgan fingerprint density at radius 2 is 1.87 bits per heavy atom. The van der Waals surface area contributed by atoms with Crippen LogP contribution in [0.5, 0.6) is 11.5 Å². The number of aromatic nitrogens is 1. The average molecular weight is 693 g/mol. The standard InChI is InChI=1S/C33H30BrN3O7S/c1-5-42-32(39)29-20(4)35-33-36(30(29)25-8-6-7-9-27(25)44-19(2)3)31(38)28(45-33)17-22-16-23(34)12-15-26(22)43-18-21-10-13-24(14-11-21)37(40)41/h6-17,19,30H,5,18H2,1-4H3/b28-17+/t30-/m1/s1. The van der Waals surface area contributed by atoms with E-state index < -0.39 is 16.9 Å². The molecule has 0 saturated heterocycles. The highest BCUT2D eigenvalue weighted by Crippen LogP contribution is 2.36. The summed E-state index contributed by atoms with van der Waals surface area (Å²) in [7, 11) is 0. The summed E-state index contributed by atoms with van der Waals surface area (Å²) < 4.78 is 20.3. The molecule has 2 heterocycles. The van der Waals surface area contributed by atoms with Crippen LogP contribution < -0.4 is 24.4 Å². The van der Waals surface area contributed by atoms with Crippen LogP contribution in [-0.2, 0) is 16.1 Å². The number of non-ortho nitro benzene ring substituents is 1. The molecule has 12 heteroatoms. The molecule has 0 spiro atoms. The highest BCUT2D eigenvalue weighted by atomic mass is 79.9. The van der Waals surface area contributed by atoms with Crippen molar-refractivity contribution < 1.29 is 23.9 Å². The zero-order valence-corrected chi connectivity index (χ0v) is 27.4. The predicted octanol–water partition coefficient (Wildman–Crippen LogP) is 5.84. The van der Waals surface area contributed by atoms with E-state index in [0.717, 1.165) is 10.0 Å². The van der Waals surface area contributed by atoms with Gasteiger partial charge in [0.25, 0.3) is 11.2 Å². The summed E-state index contributed by atoms with van der Waals surface area (Å²) in [6.07, 6.45) is 1.59. The number of carbonyl (C=O) groups excluding carboxylic acids is 1. The number of benzene rings is 3. The predicted molar refractivity (Wildman–Crippen MR) is 174 cm³/mol. The summed E-state index contributed by atoms with van der Waals surface area (Å²) in [4.78, 5) is 43.2. The fraction of sp³-hybridized carbons (Fsp3) is 0.242. The van der Waals surface area contributed by atoms with E-state index in [2.05, 4.69) is 20.9 Å². The zero-order valence-electron chi connectivity index (χ0n) is 25.0. The summed E-state index contributed by atoms with van der Waals surface area (Å²) in [6.45, 7) is 7.62. The summed E-state index contributed by atoms with van der Waals surface area (Å²) in [5.74, 6) is 0.516. The van der Waals surface area contributed by atoms with Crippen LogP contribution in [0.25, 0.3) is 6.08 Å². The number of nitro benzene ring substituents is 1. The van der Waals surface area contributed by atoms with Crippen molar-refractivity contribution in [3.8, 4) is 11.5 Å². The van der Waals surface area contributed by atoms with Gasteiger partial charge in [-0.2, -0.15) is 0 Å². The molecule has 0 radical (unpaired) electrons. The Morgan fingerprint density at radius 1 is 1.13 bits per heavy atom. The molecule has 1 aromatic heterocycles. The summed E-state index contributed by atoms with van der Waals surface area (Å²) in [5, 5.41) is 11.0. The Labute approximate surface area is 271 Å². The molecule has 3 aromatic carbocycles. The van der Waals surface area contributed by atoms with Gasteiger partial charge in [0.1, 0.15) is 24.1 Å². The molecule has 5 rings (SSSR count). The molecule has 45 heavy (non-hydrogen) atoms. The number of hydrogen-bond acceptors (Lipinski definition) is 9. The maximum Gasteiger partial charge on any atom is 0.338 e. The zero-order chi connectivity index (χ0) is 32.2. The lowest BCUT2D eigenvalue weighted by molar-refractivity contribution is -0.384. The van der Waals surface area contributed by atoms with Crippen molar-refractivity contribution in [3.63, 3.8) is 0 Å². The Bertz CT molecular complexity index is 1980. The summed E-state index contributed by atoms with van der Waals surface area (Å²) >= 11 is 4.71. The smallest absolute Gasteiger partial charge is 0.338 e. The molecule has 0 aliphatic carbocycles. The Hall–Kier alpha value is -4.55. The molecule has 232 valence electrons. The Morgan fingerprint density at radius 3 is 2.56 bits per heavy atom. The lowest BCUT2D eigenvalue weighted by atomic mass is 9.95. The first-order chi connectivity index (χ1) is 21.6. The molecule has 1 aliphatic heterocycles. The molecule has 4 aromatic rings. The lowest BCUT2D eigenvalue weighted by Crippen LogP contribution is -2.40. The van der Waals surface area contributed by atoms with Gasteiger partial charge in [-0.05, 0) is 75.7 Å². The minimum Gasteiger partial charge on any atom is -0.491 e. The largest absolute Gasteiger partial charge is 0.491 e. The maximum atomic E-state index is 14.2. The molecular weight excluding hydrogens is 662 g/mol. The molecule has 0 amide bonds. The van der Waals surface area contributed by atoms with Gasteiger partial charge in [-0.1, -0.05) is 45.5 Å². The highest BCUT2D eigenvalue weighted by Gasteiger charge is 2.35. The van der Waals surface area contributed by atoms with Gasteiger partial charge >= 0.3 is 5.97 Å². The number of fused-ring (bicyclic) bond motifs is 1. The van der Waals surface area contributed by atoms with Crippen molar-refractivity contribution in [1.29, 1.82) is 0 Å². The number of carbonyl (C=O) groups is 1. The molecule has 0 fully saturated rings. The third kappa shape index (κ3) is 6.91. The fourth-order valence-corrected chi connectivity index (χ4v) is 6.35. The third-order valence-electron chi connectivity index (χ3n) is 6.89. The molecule has 1 atom stereocenters. The van der Waals surface area contributed by atoms with E-state index in [1.54, 1.807) is 38.1 Å². The number of hydrogen-bond donors (Lipinski definition) is 0. The van der Waals surface area contributed by atoms with Crippen molar-refractivity contribution in [2.24, 2.45) is 4.99 Å². The number of rotatable bonds is 10. The van der Waals surface area contributed by atoms with Gasteiger partial charge in [0.05, 0.1) is 33.4 Å². The topological polar surface area (TPSA) is 122 Å². The van der Waals surface area contributed by atoms with E-state index in [9.17, 15) is 19.7 Å². The molecule has 0 unspecified atom stereocenters. The Kier molecular flexibility index (Phi) is 9.64. The van der Waals surface area contributed by atoms with Gasteiger partial charge in [-0.15, -0.1) is 0 Å². The minimum absolute atomic E-state index is 0.00324. The fourth-order valence-electron chi connectivity index (χ4n) is 4.93. The van der Waals surface area contributed by atoms with Crippen LogP contribution in [0.4, 0.5) is 5.69 Å². The monoisotopic (exact) mass is 691 g/mol. The second-order valence-corrected chi connectivity index (χ2v) is 12.3. The molecule has 0 N–H and O–H groups in total. The number of halogens is 1. The first-order valence-electron chi connectivity index (χ1n) is 14.2. The van der Waals surface area contributed by atoms with E-state index in [1.807, 2.05) is 50.2 Å². The van der Waals surface area contributed by atoms with Crippen molar-refractivity contribution in [1.82, 2.24) is 4.57 Å². The van der Waals surface area contributed by atoms with E-state index >= 15 is 0 Å². The normalized spacial score (nSPS) is 14.6. The molecular formula is C33H30BrN3O7S. The summed E-state index contributed by atoms with van der Waals surface area (Å²) in [6, 6.07) is 18.1. The number of nitro groups is 1. The number of para-hydroxylation sites is 1. The highest BCUT2D eigenvalue weighted by molar-refractivity contribution is 9.10. The van der Waals surface area contributed by atoms with Gasteiger partial charge in [0.2, 0.25) is 0 Å². The Balaban J connectivity index is 1.61. The van der Waals surface area contributed by atoms with Gasteiger partial charge in [0, 0.05) is 27.7 Å². The van der Waals surface area contributed by atoms with Gasteiger partial charge in [-0.3, -0.25) is 19.5 Å². The SMILES string of the molecule is CCOC(=O)C1=C(C)N=c2s/c(=C/c3cc(Br)ccc3OCc3ccc([N+](=O)[O-])cc3)c(=O)n2[C@@H]1c1ccccc1OC(C)C. The van der Waals surface area contributed by atoms with Crippen LogP contribution in [-0.4, -0.2) is 28.2 Å². The molecule has 1 aliphatic rings. The van der Waals surface area contributed by atoms with Crippen LogP contribution in [0.2, 0.25) is 0 Å². The number of ether oxygens (including phenoxy) is 3. The van der Waals surface area contributed by atoms with Gasteiger partial charge < -0.3 is 14.2 Å². The molecule has 10 nitrogen and oxygen atoms in total. The van der Waals surface area contributed by atoms with Crippen LogP contribution in [0.15, 0.2) is 92.3 Å². The van der Waals surface area contributed by atoms with Crippen molar-refractivity contribution >= 4 is 45.0 Å². The first-order valence-corrected chi connectivity index (χ1v) is 15.8. The number of nitrogens with zero attached hydrogens (tertiary/aromatic N) is 3. The number of esters is 1. The van der Waals surface area contributed by atoms with E-state index in [0.29, 0.717) is 37.7 Å². The second kappa shape index (κ2) is 13.6. The third-order valence-corrected chi connectivity index (χ3v) is 8.37. The van der Waals surface area contributed by atoms with E-state index in [1.165, 1.54) is 28.0 Å². The maximum absolute atomic E-state index is 14.2. The van der Waals surface area contributed by atoms with Gasteiger partial charge in [-0.25, -0.2) is 9.79 Å². The number of thiazole rings is 1. The van der Waals surface area contributed by atoms with Crippen LogP contribution in [0, 0.1) is 10.1 Å². The van der Waals surface area contributed by atoms with Crippen LogP contribution in [0.1, 0.15) is 50.4 Å². The molecule has 0 bridgehead atoms. The van der Waals surface area contributed by atoms with E-state index in [4.69, 9.17) is 14.2 Å². The van der Waals surface area contributed by atoms with Crippen LogP contribution in [0.3, 0.4) is 0 Å². The summed E-state index contributed by atoms with van der Waals surface area (Å²) in [5.41, 5.74) is 2.42. The number of allylic oxidation sites excluding steroid dienone is 1. The quantitative estimate of drug-likeness (QED) is 0.116. The van der Waals surface area contributed by atoms with Crippen molar-refractivity contribution in [2.75, 3.05) is 6.61 Å². The first kappa shape index (κ1) is 31.9. The van der Waals surface area contributed by atoms with Gasteiger partial charge in [0.15, 0.2) is 4.80 Å². The van der Waals surface area contributed by atoms with E-state index in [-0.39, 0.29) is 36.1 Å². The van der Waals surface area contributed by atoms with Crippen molar-refractivity contribution in [3.05, 3.63) is 129 Å². The second-order valence-electron chi connectivity index (χ2n) is 10.4. The molecule has 0 saturated carbocycles. The minimum atomic E-state index is -0.822. The lowest BCUT2D eigenvalue weighted by Gasteiger charge is -2.26. The van der Waals surface area contributed by atoms with Crippen LogP contribution >= 0.6 is 27.3 Å². The van der Waals surface area contributed by atoms with Crippen molar-refractivity contribution in [2.45, 2.75) is 46.4 Å².